The van der Waals surface area contributed by atoms with Gasteiger partial charge in [0.25, 0.3) is 5.91 Å². The zero-order valence-electron chi connectivity index (χ0n) is 18.2. The van der Waals surface area contributed by atoms with E-state index in [0.717, 1.165) is 5.56 Å². The van der Waals surface area contributed by atoms with Crippen molar-refractivity contribution in [2.75, 3.05) is 31.7 Å². The summed E-state index contributed by atoms with van der Waals surface area (Å²) in [5, 5.41) is 5.36. The maximum absolute atomic E-state index is 12.5. The van der Waals surface area contributed by atoms with Gasteiger partial charge >= 0.3 is 0 Å². The van der Waals surface area contributed by atoms with Crippen LogP contribution in [-0.4, -0.2) is 58.0 Å². The van der Waals surface area contributed by atoms with E-state index in [1.165, 1.54) is 12.1 Å². The van der Waals surface area contributed by atoms with E-state index in [2.05, 4.69) is 15.4 Å². The van der Waals surface area contributed by atoms with Crippen molar-refractivity contribution < 1.29 is 22.7 Å². The molecule has 2 rings (SSSR count). The molecule has 0 bridgehead atoms. The lowest BCUT2D eigenvalue weighted by Gasteiger charge is -2.18. The van der Waals surface area contributed by atoms with E-state index in [0.29, 0.717) is 17.9 Å². The minimum Gasteiger partial charge on any atom is -0.484 e. The number of amides is 2. The lowest BCUT2D eigenvalue weighted by molar-refractivity contribution is -0.130. The van der Waals surface area contributed by atoms with Crippen LogP contribution in [0.2, 0.25) is 0 Å². The summed E-state index contributed by atoms with van der Waals surface area (Å²) in [7, 11) is -3.65. The number of nitrogens with one attached hydrogen (secondary N) is 3. The van der Waals surface area contributed by atoms with Gasteiger partial charge < -0.3 is 15.4 Å². The van der Waals surface area contributed by atoms with Crippen LogP contribution in [-0.2, 0) is 19.6 Å². The molecule has 0 spiro atoms. The number of hydrogen-bond acceptors (Lipinski definition) is 6. The highest BCUT2D eigenvalue weighted by molar-refractivity contribution is 7.98. The summed E-state index contributed by atoms with van der Waals surface area (Å²) in [6.07, 6.45) is 2.36. The Bertz CT molecular complexity index is 967. The Labute approximate surface area is 193 Å². The zero-order chi connectivity index (χ0) is 23.4. The van der Waals surface area contributed by atoms with Gasteiger partial charge in [0.2, 0.25) is 15.9 Å². The van der Waals surface area contributed by atoms with E-state index in [-0.39, 0.29) is 30.5 Å². The second kappa shape index (κ2) is 13.1. The van der Waals surface area contributed by atoms with Crippen molar-refractivity contribution in [1.29, 1.82) is 0 Å². The number of sulfonamides is 1. The molecule has 0 aliphatic rings. The molecule has 0 saturated carbocycles. The molecule has 32 heavy (non-hydrogen) atoms. The van der Waals surface area contributed by atoms with E-state index >= 15 is 0 Å². The average Bonchev–Trinajstić information content (AvgIpc) is 2.79. The summed E-state index contributed by atoms with van der Waals surface area (Å²) >= 11 is 1.56. The number of ether oxygens (including phenoxy) is 1. The number of carbonyl (C=O) groups excluding carboxylic acids is 2. The van der Waals surface area contributed by atoms with Gasteiger partial charge in [-0.3, -0.25) is 9.59 Å². The number of aryl methyl sites for hydroxylation is 1. The minimum atomic E-state index is -3.65. The van der Waals surface area contributed by atoms with Gasteiger partial charge in [0.1, 0.15) is 11.8 Å². The molecule has 3 N–H and O–H groups in total. The van der Waals surface area contributed by atoms with Gasteiger partial charge in [0.15, 0.2) is 6.61 Å². The molecule has 2 amide bonds. The molecule has 2 aromatic rings. The standard InChI is InChI=1S/C22H29N3O5S2/c1-17-8-10-19(11-9-17)32(28,29)24-14-13-23-22(27)20(12-15-31-2)25-21(26)16-30-18-6-4-3-5-7-18/h3-11,20,24H,12-16H2,1-2H3,(H,23,27)(H,25,26). The molecule has 174 valence electrons. The van der Waals surface area contributed by atoms with Crippen LogP contribution in [0.25, 0.3) is 0 Å². The number of benzene rings is 2. The third-order valence-electron chi connectivity index (χ3n) is 4.42. The van der Waals surface area contributed by atoms with Crippen molar-refractivity contribution in [3.05, 3.63) is 60.2 Å². The Kier molecular flexibility index (Phi) is 10.5. The molecule has 0 radical (unpaired) electrons. The number of hydrogen-bond donors (Lipinski definition) is 3. The maximum Gasteiger partial charge on any atom is 0.258 e. The van der Waals surface area contributed by atoms with Gasteiger partial charge in [-0.05, 0) is 49.6 Å². The van der Waals surface area contributed by atoms with Crippen LogP contribution in [0.3, 0.4) is 0 Å². The van der Waals surface area contributed by atoms with E-state index in [1.807, 2.05) is 19.2 Å². The van der Waals surface area contributed by atoms with Gasteiger partial charge in [0, 0.05) is 13.1 Å². The van der Waals surface area contributed by atoms with Crippen LogP contribution >= 0.6 is 11.8 Å². The third kappa shape index (κ3) is 8.89. The fraction of sp³-hybridized carbons (Fsp3) is 0.364. The molecular formula is C22H29N3O5S2. The molecule has 0 saturated heterocycles. The van der Waals surface area contributed by atoms with Crippen molar-refractivity contribution >= 4 is 33.6 Å². The van der Waals surface area contributed by atoms with E-state index in [4.69, 9.17) is 4.74 Å². The molecule has 0 aliphatic heterocycles. The third-order valence-corrected chi connectivity index (χ3v) is 6.54. The predicted molar refractivity (Wildman–Crippen MR) is 126 cm³/mol. The second-order valence-electron chi connectivity index (χ2n) is 7.01. The van der Waals surface area contributed by atoms with Crippen LogP contribution in [0, 0.1) is 6.92 Å². The zero-order valence-corrected chi connectivity index (χ0v) is 19.8. The summed E-state index contributed by atoms with van der Waals surface area (Å²) in [5.74, 6) is 0.461. The summed E-state index contributed by atoms with van der Waals surface area (Å²) in [6, 6.07) is 14.7. The van der Waals surface area contributed by atoms with Crippen LogP contribution in [0.15, 0.2) is 59.5 Å². The van der Waals surface area contributed by atoms with E-state index in [1.54, 1.807) is 48.2 Å². The van der Waals surface area contributed by atoms with Crippen molar-refractivity contribution in [2.45, 2.75) is 24.3 Å². The number of carbonyl (C=O) groups is 2. The number of para-hydroxylation sites is 1. The van der Waals surface area contributed by atoms with Crippen LogP contribution in [0.4, 0.5) is 0 Å². The van der Waals surface area contributed by atoms with Gasteiger partial charge in [0.05, 0.1) is 4.90 Å². The largest absolute Gasteiger partial charge is 0.484 e. The smallest absolute Gasteiger partial charge is 0.258 e. The maximum atomic E-state index is 12.5. The first kappa shape index (κ1) is 25.7. The van der Waals surface area contributed by atoms with E-state index < -0.39 is 22.0 Å². The summed E-state index contributed by atoms with van der Waals surface area (Å²) in [5.41, 5.74) is 0.962. The van der Waals surface area contributed by atoms with Gasteiger partial charge in [-0.1, -0.05) is 35.9 Å². The Balaban J connectivity index is 1.80. The molecule has 10 heteroatoms. The highest BCUT2D eigenvalue weighted by atomic mass is 32.2. The molecule has 0 aliphatic carbocycles. The molecule has 2 aromatic carbocycles. The van der Waals surface area contributed by atoms with Crippen LogP contribution in [0.5, 0.6) is 5.75 Å². The predicted octanol–water partition coefficient (Wildman–Crippen LogP) is 1.71. The fourth-order valence-electron chi connectivity index (χ4n) is 2.70. The first-order valence-corrected chi connectivity index (χ1v) is 13.0. The van der Waals surface area contributed by atoms with Crippen molar-refractivity contribution in [1.82, 2.24) is 15.4 Å². The molecule has 8 nitrogen and oxygen atoms in total. The lowest BCUT2D eigenvalue weighted by atomic mass is 10.2. The number of rotatable bonds is 13. The Morgan fingerprint density at radius 1 is 1.03 bits per heavy atom. The average molecular weight is 480 g/mol. The molecule has 0 aromatic heterocycles. The van der Waals surface area contributed by atoms with Crippen LogP contribution in [0.1, 0.15) is 12.0 Å². The highest BCUT2D eigenvalue weighted by Crippen LogP contribution is 2.10. The Morgan fingerprint density at radius 2 is 1.72 bits per heavy atom. The highest BCUT2D eigenvalue weighted by Gasteiger charge is 2.21. The Hall–Kier alpha value is -2.56. The Morgan fingerprint density at radius 3 is 2.38 bits per heavy atom. The lowest BCUT2D eigenvalue weighted by Crippen LogP contribution is -2.49. The van der Waals surface area contributed by atoms with Gasteiger partial charge in [-0.2, -0.15) is 11.8 Å². The first-order valence-electron chi connectivity index (χ1n) is 10.1. The molecule has 1 atom stereocenters. The molecule has 0 heterocycles. The van der Waals surface area contributed by atoms with Crippen molar-refractivity contribution in [3.8, 4) is 5.75 Å². The SMILES string of the molecule is CSCCC(NC(=O)COc1ccccc1)C(=O)NCCNS(=O)(=O)c1ccc(C)cc1. The summed E-state index contributed by atoms with van der Waals surface area (Å²) in [6.45, 7) is 1.79. The van der Waals surface area contributed by atoms with Crippen molar-refractivity contribution in [2.24, 2.45) is 0 Å². The quantitative estimate of drug-likeness (QED) is 0.377. The monoisotopic (exact) mass is 479 g/mol. The molecular weight excluding hydrogens is 450 g/mol. The van der Waals surface area contributed by atoms with E-state index in [9.17, 15) is 18.0 Å². The first-order chi connectivity index (χ1) is 15.3. The molecule has 0 fully saturated rings. The normalized spacial score (nSPS) is 12.1. The topological polar surface area (TPSA) is 114 Å². The number of thioether (sulfide) groups is 1. The minimum absolute atomic E-state index is 0.0300. The summed E-state index contributed by atoms with van der Waals surface area (Å²) < 4.78 is 32.5. The molecule has 1 unspecified atom stereocenters. The second-order valence-corrected chi connectivity index (χ2v) is 9.76. The summed E-state index contributed by atoms with van der Waals surface area (Å²) in [4.78, 5) is 24.9. The fourth-order valence-corrected chi connectivity index (χ4v) is 4.20. The van der Waals surface area contributed by atoms with Gasteiger partial charge in [-0.25, -0.2) is 13.1 Å². The van der Waals surface area contributed by atoms with Crippen LogP contribution < -0.4 is 20.1 Å². The van der Waals surface area contributed by atoms with Gasteiger partial charge in [-0.15, -0.1) is 0 Å². The van der Waals surface area contributed by atoms with Crippen molar-refractivity contribution in [3.63, 3.8) is 0 Å².